The maximum atomic E-state index is 13.8. The molecular weight excluding hydrogens is 236 g/mol. The summed E-state index contributed by atoms with van der Waals surface area (Å²) in [5.41, 5.74) is 0.941. The molecule has 0 unspecified atom stereocenters. The Hall–Kier alpha value is -1.71. The molecule has 0 radical (unpaired) electrons. The van der Waals surface area contributed by atoms with Crippen molar-refractivity contribution in [1.29, 1.82) is 0 Å². The normalized spacial score (nSPS) is 16.6. The second-order valence-corrected chi connectivity index (χ2v) is 4.22. The third-order valence-electron chi connectivity index (χ3n) is 3.23. The number of carbonyl (C=O) groups excluding carboxylic acids is 1. The Balaban J connectivity index is 2.52. The van der Waals surface area contributed by atoms with E-state index in [1.54, 1.807) is 6.07 Å². The summed E-state index contributed by atoms with van der Waals surface area (Å²) in [5, 5.41) is 0. The molecular formula is C14H15F2NO. The molecule has 0 saturated carbocycles. The SMILES string of the molecule is CCN(CC)c1ccc2c(c1)C(F)(F)C(=O)C=C2. The first-order valence-electron chi connectivity index (χ1n) is 6.00. The minimum atomic E-state index is -3.41. The van der Waals surface area contributed by atoms with Crippen LogP contribution >= 0.6 is 0 Å². The van der Waals surface area contributed by atoms with Gasteiger partial charge in [0.25, 0.3) is 0 Å². The minimum Gasteiger partial charge on any atom is -0.372 e. The lowest BCUT2D eigenvalue weighted by Crippen LogP contribution is -2.29. The number of allylic oxidation sites excluding steroid dienone is 1. The fourth-order valence-electron chi connectivity index (χ4n) is 2.15. The van der Waals surface area contributed by atoms with Crippen LogP contribution in [0, 0.1) is 0 Å². The number of rotatable bonds is 3. The number of benzene rings is 1. The van der Waals surface area contributed by atoms with Crippen LogP contribution in [-0.2, 0) is 10.7 Å². The molecule has 0 amide bonds. The van der Waals surface area contributed by atoms with Gasteiger partial charge in [-0.1, -0.05) is 12.1 Å². The maximum absolute atomic E-state index is 13.8. The van der Waals surface area contributed by atoms with Gasteiger partial charge in [0.1, 0.15) is 0 Å². The van der Waals surface area contributed by atoms with Crippen LogP contribution in [0.5, 0.6) is 0 Å². The zero-order valence-electron chi connectivity index (χ0n) is 10.4. The highest BCUT2D eigenvalue weighted by Gasteiger charge is 2.42. The highest BCUT2D eigenvalue weighted by Crippen LogP contribution is 2.38. The lowest BCUT2D eigenvalue weighted by molar-refractivity contribution is -0.139. The third-order valence-corrected chi connectivity index (χ3v) is 3.23. The Kier molecular flexibility index (Phi) is 3.20. The first-order valence-corrected chi connectivity index (χ1v) is 6.00. The quantitative estimate of drug-likeness (QED) is 0.822. The summed E-state index contributed by atoms with van der Waals surface area (Å²) in [5.74, 6) is -4.56. The van der Waals surface area contributed by atoms with Gasteiger partial charge in [-0.2, -0.15) is 8.78 Å². The molecule has 0 bridgehead atoms. The summed E-state index contributed by atoms with van der Waals surface area (Å²) in [6.45, 7) is 5.41. The Morgan fingerprint density at radius 2 is 1.83 bits per heavy atom. The molecule has 1 aromatic rings. The molecule has 0 heterocycles. The number of nitrogens with zero attached hydrogens (tertiary/aromatic N) is 1. The number of hydrogen-bond acceptors (Lipinski definition) is 2. The zero-order valence-corrected chi connectivity index (χ0v) is 10.4. The van der Waals surface area contributed by atoms with E-state index < -0.39 is 11.7 Å². The standard InChI is InChI=1S/C14H15F2NO/c1-3-17(4-2)11-7-5-10-6-8-13(18)14(15,16)12(10)9-11/h5-9H,3-4H2,1-2H3. The third kappa shape index (κ3) is 1.92. The van der Waals surface area contributed by atoms with Gasteiger partial charge in [-0.3, -0.25) is 4.79 Å². The van der Waals surface area contributed by atoms with Crippen molar-refractivity contribution >= 4 is 17.5 Å². The van der Waals surface area contributed by atoms with Crippen molar-refractivity contribution < 1.29 is 13.6 Å². The summed E-state index contributed by atoms with van der Waals surface area (Å²) in [4.78, 5) is 13.2. The van der Waals surface area contributed by atoms with E-state index in [1.165, 1.54) is 12.1 Å². The predicted octanol–water partition coefficient (Wildman–Crippen LogP) is 3.22. The van der Waals surface area contributed by atoms with Crippen LogP contribution in [0.1, 0.15) is 25.0 Å². The number of alkyl halides is 2. The van der Waals surface area contributed by atoms with Crippen molar-refractivity contribution in [2.45, 2.75) is 19.8 Å². The fourth-order valence-corrected chi connectivity index (χ4v) is 2.15. The second kappa shape index (κ2) is 4.52. The van der Waals surface area contributed by atoms with E-state index in [4.69, 9.17) is 0 Å². The molecule has 1 aliphatic rings. The van der Waals surface area contributed by atoms with E-state index in [0.717, 1.165) is 24.9 Å². The lowest BCUT2D eigenvalue weighted by atomic mass is 9.92. The van der Waals surface area contributed by atoms with Crippen molar-refractivity contribution in [3.05, 3.63) is 35.4 Å². The van der Waals surface area contributed by atoms with Crippen LogP contribution in [-0.4, -0.2) is 18.9 Å². The van der Waals surface area contributed by atoms with E-state index in [-0.39, 0.29) is 5.56 Å². The number of halogens is 2. The average molecular weight is 251 g/mol. The van der Waals surface area contributed by atoms with Gasteiger partial charge in [0.15, 0.2) is 0 Å². The molecule has 2 rings (SSSR count). The van der Waals surface area contributed by atoms with Gasteiger partial charge in [-0.05, 0) is 37.6 Å². The number of carbonyl (C=O) groups is 1. The van der Waals surface area contributed by atoms with Gasteiger partial charge < -0.3 is 4.90 Å². The molecule has 1 aliphatic carbocycles. The summed E-state index contributed by atoms with van der Waals surface area (Å²) in [7, 11) is 0. The molecule has 4 heteroatoms. The van der Waals surface area contributed by atoms with Gasteiger partial charge in [-0.25, -0.2) is 0 Å². The Labute approximate surface area is 105 Å². The number of hydrogen-bond donors (Lipinski definition) is 0. The summed E-state index contributed by atoms with van der Waals surface area (Å²) >= 11 is 0. The summed E-state index contributed by atoms with van der Waals surface area (Å²) < 4.78 is 27.6. The first-order chi connectivity index (χ1) is 8.50. The Bertz CT molecular complexity index is 505. The van der Waals surface area contributed by atoms with Crippen LogP contribution in [0.4, 0.5) is 14.5 Å². The van der Waals surface area contributed by atoms with Gasteiger partial charge in [0, 0.05) is 24.3 Å². The molecule has 0 aliphatic heterocycles. The monoisotopic (exact) mass is 251 g/mol. The lowest BCUT2D eigenvalue weighted by Gasteiger charge is -2.25. The molecule has 96 valence electrons. The molecule has 0 saturated heterocycles. The van der Waals surface area contributed by atoms with Crippen molar-refractivity contribution in [2.75, 3.05) is 18.0 Å². The van der Waals surface area contributed by atoms with Gasteiger partial charge >= 0.3 is 5.92 Å². The van der Waals surface area contributed by atoms with Crippen LogP contribution in [0.2, 0.25) is 0 Å². The Morgan fingerprint density at radius 1 is 1.17 bits per heavy atom. The van der Waals surface area contributed by atoms with E-state index in [0.29, 0.717) is 5.56 Å². The molecule has 0 spiro atoms. The molecule has 0 aromatic heterocycles. The minimum absolute atomic E-state index is 0.195. The molecule has 0 N–H and O–H groups in total. The van der Waals surface area contributed by atoms with E-state index in [2.05, 4.69) is 0 Å². The second-order valence-electron chi connectivity index (χ2n) is 4.22. The van der Waals surface area contributed by atoms with Gasteiger partial charge in [0.2, 0.25) is 5.78 Å². The highest BCUT2D eigenvalue weighted by molar-refractivity contribution is 6.03. The smallest absolute Gasteiger partial charge is 0.335 e. The molecule has 0 atom stereocenters. The number of anilines is 1. The van der Waals surface area contributed by atoms with Crippen LogP contribution in [0.15, 0.2) is 24.3 Å². The van der Waals surface area contributed by atoms with Crippen LogP contribution in [0.25, 0.3) is 6.08 Å². The van der Waals surface area contributed by atoms with Crippen molar-refractivity contribution in [1.82, 2.24) is 0 Å². The molecule has 2 nitrogen and oxygen atoms in total. The highest BCUT2D eigenvalue weighted by atomic mass is 19.3. The van der Waals surface area contributed by atoms with Crippen molar-refractivity contribution in [3.8, 4) is 0 Å². The predicted molar refractivity (Wildman–Crippen MR) is 67.9 cm³/mol. The largest absolute Gasteiger partial charge is 0.372 e. The fraction of sp³-hybridized carbons (Fsp3) is 0.357. The van der Waals surface area contributed by atoms with E-state index >= 15 is 0 Å². The van der Waals surface area contributed by atoms with E-state index in [1.807, 2.05) is 24.8 Å². The first kappa shape index (κ1) is 12.7. The Morgan fingerprint density at radius 3 is 2.44 bits per heavy atom. The van der Waals surface area contributed by atoms with Crippen LogP contribution in [0.3, 0.4) is 0 Å². The molecule has 0 fully saturated rings. The topological polar surface area (TPSA) is 20.3 Å². The van der Waals surface area contributed by atoms with Crippen molar-refractivity contribution in [2.24, 2.45) is 0 Å². The maximum Gasteiger partial charge on any atom is 0.335 e. The van der Waals surface area contributed by atoms with E-state index in [9.17, 15) is 13.6 Å². The number of fused-ring (bicyclic) bond motifs is 1. The molecule has 1 aromatic carbocycles. The van der Waals surface area contributed by atoms with Crippen molar-refractivity contribution in [3.63, 3.8) is 0 Å². The van der Waals surface area contributed by atoms with Crippen LogP contribution < -0.4 is 4.90 Å². The summed E-state index contributed by atoms with van der Waals surface area (Å²) in [6, 6.07) is 4.87. The summed E-state index contributed by atoms with van der Waals surface area (Å²) in [6.07, 6.45) is 2.39. The van der Waals surface area contributed by atoms with Gasteiger partial charge in [0.05, 0.1) is 0 Å². The van der Waals surface area contributed by atoms with Gasteiger partial charge in [-0.15, -0.1) is 0 Å². The zero-order chi connectivity index (χ0) is 13.3. The average Bonchev–Trinajstić information content (AvgIpc) is 2.36. The number of ketones is 1. The molecule has 18 heavy (non-hydrogen) atoms.